The average molecular weight is 244 g/mol. The summed E-state index contributed by atoms with van der Waals surface area (Å²) in [6.07, 6.45) is 1.70. The van der Waals surface area contributed by atoms with Gasteiger partial charge in [0.05, 0.1) is 14.2 Å². The third-order valence-electron chi connectivity index (χ3n) is 2.83. The average Bonchev–Trinajstić information content (AvgIpc) is 2.38. The van der Waals surface area contributed by atoms with Crippen LogP contribution in [0.25, 0.3) is 11.1 Å². The molecule has 1 aromatic heterocycles. The third kappa shape index (κ3) is 2.22. The van der Waals surface area contributed by atoms with Gasteiger partial charge in [-0.1, -0.05) is 0 Å². The first kappa shape index (κ1) is 12.2. The summed E-state index contributed by atoms with van der Waals surface area (Å²) >= 11 is 0. The molecule has 94 valence electrons. The Bertz CT molecular complexity index is 525. The highest BCUT2D eigenvalue weighted by atomic mass is 16.5. The predicted octanol–water partition coefficient (Wildman–Crippen LogP) is 2.66. The molecule has 0 saturated heterocycles. The summed E-state index contributed by atoms with van der Waals surface area (Å²) in [5.74, 6) is 1.96. The van der Waals surface area contributed by atoms with Gasteiger partial charge in [0.15, 0.2) is 0 Å². The molecule has 4 nitrogen and oxygen atoms in total. The summed E-state index contributed by atoms with van der Waals surface area (Å²) in [5.41, 5.74) is 8.86. The van der Waals surface area contributed by atoms with Crippen LogP contribution in [-0.4, -0.2) is 19.2 Å². The molecular formula is C14H16N2O2. The smallest absolute Gasteiger partial charge is 0.131 e. The standard InChI is InChI=1S/C14H16N2O2/c1-9-4-5-16-14(15)13(9)10-6-11(17-2)8-12(7-10)18-3/h4-8H,1-3H3,(H2,15,16). The fourth-order valence-corrected chi connectivity index (χ4v) is 1.91. The van der Waals surface area contributed by atoms with Gasteiger partial charge in [-0.15, -0.1) is 0 Å². The Kier molecular flexibility index (Phi) is 3.37. The van der Waals surface area contributed by atoms with Gasteiger partial charge in [-0.05, 0) is 36.2 Å². The molecule has 0 spiro atoms. The first-order chi connectivity index (χ1) is 8.65. The van der Waals surface area contributed by atoms with Crippen molar-refractivity contribution in [2.75, 3.05) is 20.0 Å². The molecule has 4 heteroatoms. The Morgan fingerprint density at radius 1 is 1.06 bits per heavy atom. The van der Waals surface area contributed by atoms with Gasteiger partial charge in [0.25, 0.3) is 0 Å². The van der Waals surface area contributed by atoms with Crippen LogP contribution in [0.5, 0.6) is 11.5 Å². The Morgan fingerprint density at radius 2 is 1.67 bits per heavy atom. The van der Waals surface area contributed by atoms with Gasteiger partial charge in [0.2, 0.25) is 0 Å². The summed E-state index contributed by atoms with van der Waals surface area (Å²) in [7, 11) is 3.25. The number of methoxy groups -OCH3 is 2. The van der Waals surface area contributed by atoms with Crippen molar-refractivity contribution in [3.8, 4) is 22.6 Å². The Morgan fingerprint density at radius 3 is 2.17 bits per heavy atom. The molecule has 0 atom stereocenters. The number of aryl methyl sites for hydroxylation is 1. The molecule has 1 heterocycles. The molecule has 18 heavy (non-hydrogen) atoms. The highest BCUT2D eigenvalue weighted by molar-refractivity contribution is 5.78. The van der Waals surface area contributed by atoms with Crippen LogP contribution < -0.4 is 15.2 Å². The zero-order chi connectivity index (χ0) is 13.1. The first-order valence-corrected chi connectivity index (χ1v) is 5.60. The van der Waals surface area contributed by atoms with E-state index >= 15 is 0 Å². The van der Waals surface area contributed by atoms with E-state index in [4.69, 9.17) is 15.2 Å². The van der Waals surface area contributed by atoms with E-state index in [1.807, 2.05) is 31.2 Å². The van der Waals surface area contributed by atoms with E-state index in [9.17, 15) is 0 Å². The minimum atomic E-state index is 0.505. The zero-order valence-electron chi connectivity index (χ0n) is 10.7. The van der Waals surface area contributed by atoms with Gasteiger partial charge in [-0.25, -0.2) is 4.98 Å². The van der Waals surface area contributed by atoms with Crippen molar-refractivity contribution in [3.05, 3.63) is 36.0 Å². The van der Waals surface area contributed by atoms with Crippen LogP contribution in [0, 0.1) is 6.92 Å². The summed E-state index contributed by atoms with van der Waals surface area (Å²) in [6.45, 7) is 2.00. The number of ether oxygens (including phenoxy) is 2. The Hall–Kier alpha value is -2.23. The second kappa shape index (κ2) is 4.96. The maximum atomic E-state index is 5.94. The second-order valence-electron chi connectivity index (χ2n) is 3.99. The maximum Gasteiger partial charge on any atom is 0.131 e. The Labute approximate surface area is 106 Å². The van der Waals surface area contributed by atoms with Crippen LogP contribution in [0.3, 0.4) is 0 Å². The highest BCUT2D eigenvalue weighted by Gasteiger charge is 2.10. The minimum absolute atomic E-state index is 0.505. The molecule has 2 N–H and O–H groups in total. The molecule has 0 unspecified atom stereocenters. The molecule has 0 bridgehead atoms. The summed E-state index contributed by atoms with van der Waals surface area (Å²) < 4.78 is 10.5. The van der Waals surface area contributed by atoms with Crippen molar-refractivity contribution in [2.24, 2.45) is 0 Å². The first-order valence-electron chi connectivity index (χ1n) is 5.60. The molecule has 0 radical (unpaired) electrons. The molecule has 0 amide bonds. The summed E-state index contributed by atoms with van der Waals surface area (Å²) in [6, 6.07) is 7.59. The lowest BCUT2D eigenvalue weighted by Gasteiger charge is -2.12. The molecule has 0 aliphatic heterocycles. The van der Waals surface area contributed by atoms with Gasteiger partial charge < -0.3 is 15.2 Å². The number of pyridine rings is 1. The molecule has 2 aromatic rings. The van der Waals surface area contributed by atoms with E-state index in [0.717, 1.165) is 28.2 Å². The fraction of sp³-hybridized carbons (Fsp3) is 0.214. The molecule has 2 rings (SSSR count). The number of nitrogens with zero attached hydrogens (tertiary/aromatic N) is 1. The van der Waals surface area contributed by atoms with Crippen LogP contribution in [0.4, 0.5) is 5.82 Å². The van der Waals surface area contributed by atoms with E-state index in [1.165, 1.54) is 0 Å². The number of rotatable bonds is 3. The molecule has 0 aliphatic rings. The number of benzene rings is 1. The minimum Gasteiger partial charge on any atom is -0.497 e. The molecule has 0 fully saturated rings. The number of aromatic nitrogens is 1. The van der Waals surface area contributed by atoms with E-state index < -0.39 is 0 Å². The van der Waals surface area contributed by atoms with Crippen LogP contribution in [0.2, 0.25) is 0 Å². The second-order valence-corrected chi connectivity index (χ2v) is 3.99. The molecule has 0 aliphatic carbocycles. The maximum absolute atomic E-state index is 5.94. The van der Waals surface area contributed by atoms with Crippen LogP contribution in [-0.2, 0) is 0 Å². The lowest BCUT2D eigenvalue weighted by atomic mass is 10.0. The highest BCUT2D eigenvalue weighted by Crippen LogP contribution is 2.33. The van der Waals surface area contributed by atoms with Gasteiger partial charge in [-0.2, -0.15) is 0 Å². The SMILES string of the molecule is COc1cc(OC)cc(-c2c(C)ccnc2N)c1. The van der Waals surface area contributed by atoms with E-state index in [2.05, 4.69) is 4.98 Å². The lowest BCUT2D eigenvalue weighted by molar-refractivity contribution is 0.394. The van der Waals surface area contributed by atoms with Crippen LogP contribution in [0.1, 0.15) is 5.56 Å². The number of nitrogen functional groups attached to an aromatic ring is 1. The quantitative estimate of drug-likeness (QED) is 0.901. The van der Waals surface area contributed by atoms with Gasteiger partial charge in [-0.3, -0.25) is 0 Å². The van der Waals surface area contributed by atoms with Crippen LogP contribution in [0.15, 0.2) is 30.5 Å². The third-order valence-corrected chi connectivity index (χ3v) is 2.83. The Balaban J connectivity index is 2.63. The number of hydrogen-bond acceptors (Lipinski definition) is 4. The van der Waals surface area contributed by atoms with Crippen molar-refractivity contribution in [3.63, 3.8) is 0 Å². The lowest BCUT2D eigenvalue weighted by Crippen LogP contribution is -1.97. The fourth-order valence-electron chi connectivity index (χ4n) is 1.91. The molecule has 1 aromatic carbocycles. The van der Waals surface area contributed by atoms with E-state index in [-0.39, 0.29) is 0 Å². The van der Waals surface area contributed by atoms with Gasteiger partial charge in [0.1, 0.15) is 17.3 Å². The molecule has 0 saturated carbocycles. The van der Waals surface area contributed by atoms with Crippen LogP contribution >= 0.6 is 0 Å². The van der Waals surface area contributed by atoms with Crippen molar-refractivity contribution >= 4 is 5.82 Å². The summed E-state index contributed by atoms with van der Waals surface area (Å²) in [5, 5.41) is 0. The van der Waals surface area contributed by atoms with Gasteiger partial charge >= 0.3 is 0 Å². The monoisotopic (exact) mass is 244 g/mol. The normalized spacial score (nSPS) is 10.2. The predicted molar refractivity (Wildman–Crippen MR) is 71.9 cm³/mol. The molecular weight excluding hydrogens is 228 g/mol. The number of hydrogen-bond donors (Lipinski definition) is 1. The zero-order valence-corrected chi connectivity index (χ0v) is 10.7. The van der Waals surface area contributed by atoms with Gasteiger partial charge in [0, 0.05) is 17.8 Å². The van der Waals surface area contributed by atoms with E-state index in [1.54, 1.807) is 20.4 Å². The van der Waals surface area contributed by atoms with Crippen molar-refractivity contribution in [1.82, 2.24) is 4.98 Å². The van der Waals surface area contributed by atoms with Crippen molar-refractivity contribution < 1.29 is 9.47 Å². The topological polar surface area (TPSA) is 57.4 Å². The van der Waals surface area contributed by atoms with E-state index in [0.29, 0.717) is 5.82 Å². The van der Waals surface area contributed by atoms with Crippen molar-refractivity contribution in [2.45, 2.75) is 6.92 Å². The number of nitrogens with two attached hydrogens (primary N) is 1. The van der Waals surface area contributed by atoms with Crippen molar-refractivity contribution in [1.29, 1.82) is 0 Å². The largest absolute Gasteiger partial charge is 0.497 e. The summed E-state index contributed by atoms with van der Waals surface area (Å²) in [4.78, 5) is 4.12. The number of anilines is 1.